The maximum absolute atomic E-state index is 13.2. The summed E-state index contributed by atoms with van der Waals surface area (Å²) in [5.41, 5.74) is 2.37. The average Bonchev–Trinajstić information content (AvgIpc) is 2.95. The smallest absolute Gasteiger partial charge is 0.123 e. The van der Waals surface area contributed by atoms with Crippen LogP contribution in [0.5, 0.6) is 0 Å². The minimum atomic E-state index is -0.126. The minimum Gasteiger partial charge on any atom is -0.313 e. The summed E-state index contributed by atoms with van der Waals surface area (Å²) in [4.78, 5) is 0. The third-order valence-electron chi connectivity index (χ3n) is 5.10. The number of rotatable bonds is 3. The van der Waals surface area contributed by atoms with E-state index in [0.29, 0.717) is 6.04 Å². The molecule has 0 heterocycles. The van der Waals surface area contributed by atoms with Crippen LogP contribution in [-0.2, 0) is 0 Å². The number of nitrogens with one attached hydrogen (secondary N) is 1. The number of aryl methyl sites for hydroxylation is 1. The Morgan fingerprint density at radius 3 is 2.67 bits per heavy atom. The van der Waals surface area contributed by atoms with Gasteiger partial charge in [-0.15, -0.1) is 0 Å². The predicted molar refractivity (Wildman–Crippen MR) is 71.9 cm³/mol. The van der Waals surface area contributed by atoms with Crippen LogP contribution in [-0.4, -0.2) is 7.05 Å². The highest BCUT2D eigenvalue weighted by Crippen LogP contribution is 2.52. The van der Waals surface area contributed by atoms with Crippen LogP contribution in [0.3, 0.4) is 0 Å². The third-order valence-corrected chi connectivity index (χ3v) is 5.10. The first-order chi connectivity index (χ1) is 8.69. The van der Waals surface area contributed by atoms with Gasteiger partial charge in [0.05, 0.1) is 0 Å². The second-order valence-corrected chi connectivity index (χ2v) is 6.11. The zero-order valence-electron chi connectivity index (χ0n) is 11.2. The molecule has 0 aromatic heterocycles. The first-order valence-electron chi connectivity index (χ1n) is 7.12. The summed E-state index contributed by atoms with van der Waals surface area (Å²) < 4.78 is 13.2. The lowest BCUT2D eigenvalue weighted by Gasteiger charge is -2.31. The predicted octanol–water partition coefficient (Wildman–Crippen LogP) is 3.83. The van der Waals surface area contributed by atoms with Gasteiger partial charge in [-0.2, -0.15) is 0 Å². The van der Waals surface area contributed by atoms with E-state index in [0.717, 1.165) is 23.3 Å². The second kappa shape index (κ2) is 4.65. The Hall–Kier alpha value is -0.890. The Kier molecular flexibility index (Phi) is 3.14. The molecular weight excluding hydrogens is 225 g/mol. The molecule has 2 bridgehead atoms. The molecule has 0 spiro atoms. The molecule has 2 heteroatoms. The van der Waals surface area contributed by atoms with Crippen molar-refractivity contribution in [3.8, 4) is 0 Å². The molecule has 0 aliphatic heterocycles. The van der Waals surface area contributed by atoms with E-state index >= 15 is 0 Å². The number of halogens is 1. The van der Waals surface area contributed by atoms with Gasteiger partial charge >= 0.3 is 0 Å². The monoisotopic (exact) mass is 247 g/mol. The van der Waals surface area contributed by atoms with Crippen LogP contribution in [0.25, 0.3) is 0 Å². The van der Waals surface area contributed by atoms with E-state index in [1.165, 1.54) is 31.2 Å². The molecule has 2 fully saturated rings. The largest absolute Gasteiger partial charge is 0.313 e. The quantitative estimate of drug-likeness (QED) is 0.856. The van der Waals surface area contributed by atoms with Gasteiger partial charge < -0.3 is 5.32 Å². The molecule has 2 aliphatic rings. The molecule has 0 saturated heterocycles. The SMILES string of the molecule is CNC(c1ccc(F)cc1C)C1CC2CCC1C2. The van der Waals surface area contributed by atoms with Crippen LogP contribution < -0.4 is 5.32 Å². The summed E-state index contributed by atoms with van der Waals surface area (Å²) in [5.74, 6) is 2.46. The molecule has 2 saturated carbocycles. The number of fused-ring (bicyclic) bond motifs is 2. The first-order valence-corrected chi connectivity index (χ1v) is 7.12. The van der Waals surface area contributed by atoms with Gasteiger partial charge in [0.25, 0.3) is 0 Å². The highest BCUT2D eigenvalue weighted by atomic mass is 19.1. The zero-order chi connectivity index (χ0) is 12.7. The van der Waals surface area contributed by atoms with Crippen molar-refractivity contribution < 1.29 is 4.39 Å². The highest BCUT2D eigenvalue weighted by Gasteiger charge is 2.43. The first kappa shape index (κ1) is 12.2. The van der Waals surface area contributed by atoms with Crippen molar-refractivity contribution in [2.75, 3.05) is 7.05 Å². The van der Waals surface area contributed by atoms with Gasteiger partial charge in [0.15, 0.2) is 0 Å². The average molecular weight is 247 g/mol. The van der Waals surface area contributed by atoms with Gasteiger partial charge in [-0.3, -0.25) is 0 Å². The molecule has 3 rings (SSSR count). The fourth-order valence-electron chi connectivity index (χ4n) is 4.29. The molecule has 1 aromatic rings. The van der Waals surface area contributed by atoms with E-state index in [1.54, 1.807) is 12.1 Å². The third kappa shape index (κ3) is 1.97. The molecule has 2 aliphatic carbocycles. The molecule has 18 heavy (non-hydrogen) atoms. The van der Waals surface area contributed by atoms with Crippen molar-refractivity contribution in [2.24, 2.45) is 17.8 Å². The maximum atomic E-state index is 13.2. The van der Waals surface area contributed by atoms with Crippen LogP contribution in [0.2, 0.25) is 0 Å². The van der Waals surface area contributed by atoms with Crippen LogP contribution in [0.1, 0.15) is 42.9 Å². The molecule has 0 amide bonds. The van der Waals surface area contributed by atoms with E-state index in [1.807, 2.05) is 20.0 Å². The van der Waals surface area contributed by atoms with E-state index in [4.69, 9.17) is 0 Å². The van der Waals surface area contributed by atoms with Gasteiger partial charge in [-0.25, -0.2) is 4.39 Å². The van der Waals surface area contributed by atoms with Crippen LogP contribution in [0, 0.1) is 30.5 Å². The Labute approximate surface area is 109 Å². The minimum absolute atomic E-state index is 0.126. The molecule has 1 nitrogen and oxygen atoms in total. The van der Waals surface area contributed by atoms with Gasteiger partial charge in [0, 0.05) is 6.04 Å². The van der Waals surface area contributed by atoms with Crippen molar-refractivity contribution >= 4 is 0 Å². The summed E-state index contributed by atoms with van der Waals surface area (Å²) in [5, 5.41) is 3.48. The Morgan fingerprint density at radius 1 is 1.28 bits per heavy atom. The van der Waals surface area contributed by atoms with Crippen molar-refractivity contribution in [3.63, 3.8) is 0 Å². The van der Waals surface area contributed by atoms with E-state index in [2.05, 4.69) is 5.32 Å². The van der Waals surface area contributed by atoms with Crippen molar-refractivity contribution in [1.29, 1.82) is 0 Å². The number of benzene rings is 1. The zero-order valence-corrected chi connectivity index (χ0v) is 11.2. The molecule has 0 radical (unpaired) electrons. The second-order valence-electron chi connectivity index (χ2n) is 6.11. The lowest BCUT2D eigenvalue weighted by atomic mass is 9.79. The summed E-state index contributed by atoms with van der Waals surface area (Å²) >= 11 is 0. The Bertz CT molecular complexity index is 443. The molecule has 4 unspecified atom stereocenters. The van der Waals surface area contributed by atoms with E-state index < -0.39 is 0 Å². The Balaban J connectivity index is 1.88. The number of hydrogen-bond donors (Lipinski definition) is 1. The topological polar surface area (TPSA) is 12.0 Å². The van der Waals surface area contributed by atoms with Crippen molar-refractivity contribution in [1.82, 2.24) is 5.32 Å². The van der Waals surface area contributed by atoms with E-state index in [9.17, 15) is 4.39 Å². The summed E-state index contributed by atoms with van der Waals surface area (Å²) in [6.07, 6.45) is 5.60. The number of hydrogen-bond acceptors (Lipinski definition) is 1. The summed E-state index contributed by atoms with van der Waals surface area (Å²) in [7, 11) is 2.04. The van der Waals surface area contributed by atoms with E-state index in [-0.39, 0.29) is 5.82 Å². The highest BCUT2D eigenvalue weighted by molar-refractivity contribution is 5.30. The van der Waals surface area contributed by atoms with Gasteiger partial charge in [0.2, 0.25) is 0 Å². The van der Waals surface area contributed by atoms with Crippen LogP contribution in [0.15, 0.2) is 18.2 Å². The summed E-state index contributed by atoms with van der Waals surface area (Å²) in [6, 6.07) is 5.63. The molecule has 1 aromatic carbocycles. The fourth-order valence-corrected chi connectivity index (χ4v) is 4.29. The van der Waals surface area contributed by atoms with Gasteiger partial charge in [-0.05, 0) is 74.2 Å². The van der Waals surface area contributed by atoms with Crippen molar-refractivity contribution in [3.05, 3.63) is 35.1 Å². The van der Waals surface area contributed by atoms with Crippen LogP contribution in [0.4, 0.5) is 4.39 Å². The molecule has 4 atom stereocenters. The molecule has 1 N–H and O–H groups in total. The standard InChI is InChI=1S/C16H22FN/c1-10-7-13(17)5-6-14(10)16(18-2)15-9-11-3-4-12(15)8-11/h5-7,11-12,15-16,18H,3-4,8-9H2,1-2H3. The maximum Gasteiger partial charge on any atom is 0.123 e. The fraction of sp³-hybridized carbons (Fsp3) is 0.625. The molecule has 98 valence electrons. The van der Waals surface area contributed by atoms with Gasteiger partial charge in [-0.1, -0.05) is 12.5 Å². The van der Waals surface area contributed by atoms with Crippen molar-refractivity contribution in [2.45, 2.75) is 38.6 Å². The lowest BCUT2D eigenvalue weighted by molar-refractivity contribution is 0.259. The lowest BCUT2D eigenvalue weighted by Crippen LogP contribution is -2.29. The normalized spacial score (nSPS) is 31.8. The Morgan fingerprint density at radius 2 is 2.11 bits per heavy atom. The molecular formula is C16H22FN. The van der Waals surface area contributed by atoms with Crippen LogP contribution >= 0.6 is 0 Å². The summed E-state index contributed by atoms with van der Waals surface area (Å²) in [6.45, 7) is 2.02. The van der Waals surface area contributed by atoms with Gasteiger partial charge in [0.1, 0.15) is 5.82 Å².